The maximum absolute atomic E-state index is 15.8. The normalized spacial score (nSPS) is 21.7. The van der Waals surface area contributed by atoms with Gasteiger partial charge in [-0.1, -0.05) is 12.1 Å². The molecule has 2 aliphatic rings. The van der Waals surface area contributed by atoms with Crippen molar-refractivity contribution >= 4 is 28.4 Å². The molecule has 1 aromatic heterocycles. The number of hydrogen-bond donors (Lipinski definition) is 4. The van der Waals surface area contributed by atoms with E-state index in [1.165, 1.54) is 18.2 Å². The minimum Gasteiger partial charge on any atom is -0.396 e. The zero-order chi connectivity index (χ0) is 24.4. The maximum Gasteiger partial charge on any atom is 0.251 e. The number of hydrogen-bond acceptors (Lipinski definition) is 7. The van der Waals surface area contributed by atoms with E-state index in [1.54, 1.807) is 24.4 Å². The van der Waals surface area contributed by atoms with Gasteiger partial charge in [-0.2, -0.15) is 0 Å². The molecule has 5 N–H and O–H groups in total. The highest BCUT2D eigenvalue weighted by molar-refractivity contribution is 5.98. The van der Waals surface area contributed by atoms with Crippen molar-refractivity contribution in [1.29, 1.82) is 0 Å². The van der Waals surface area contributed by atoms with E-state index in [2.05, 4.69) is 25.9 Å². The van der Waals surface area contributed by atoms with Gasteiger partial charge in [0, 0.05) is 42.9 Å². The number of fused-ring (bicyclic) bond motifs is 1. The Labute approximate surface area is 201 Å². The van der Waals surface area contributed by atoms with Gasteiger partial charge in [0.25, 0.3) is 5.91 Å². The molecule has 10 heteroatoms. The first-order valence-electron chi connectivity index (χ1n) is 11.8. The van der Waals surface area contributed by atoms with Crippen LogP contribution in [0.15, 0.2) is 42.6 Å². The number of carbonyl (C=O) groups excluding carboxylic acids is 1. The van der Waals surface area contributed by atoms with Gasteiger partial charge in [-0.25, -0.2) is 18.7 Å². The molecule has 35 heavy (non-hydrogen) atoms. The Morgan fingerprint density at radius 2 is 2.06 bits per heavy atom. The Morgan fingerprint density at radius 3 is 2.80 bits per heavy atom. The molecule has 3 aromatic rings. The van der Waals surface area contributed by atoms with E-state index < -0.39 is 23.4 Å². The predicted octanol–water partition coefficient (Wildman–Crippen LogP) is 3.11. The first-order chi connectivity index (χ1) is 16.9. The van der Waals surface area contributed by atoms with Crippen LogP contribution in [0, 0.1) is 5.82 Å². The van der Waals surface area contributed by atoms with Gasteiger partial charge in [-0.05, 0) is 55.6 Å². The van der Waals surface area contributed by atoms with Gasteiger partial charge in [-0.15, -0.1) is 0 Å². The standard InChI is InChI=1S/C25H28F2N6O2/c26-19-4-3-15(11-20(19)28)22(25(27)7-8-29-14-25)33-23(34)16-1-2-17-13-30-24(32-21(17)12-16)31-18-5-9-35-10-6-18/h1-4,11-13,18,22,29H,5-10,14,28H2,(H,33,34)(H,30,31,32). The number of amides is 1. The average Bonchev–Trinajstić information content (AvgIpc) is 3.31. The van der Waals surface area contributed by atoms with Gasteiger partial charge in [0.1, 0.15) is 11.5 Å². The van der Waals surface area contributed by atoms with Crippen molar-refractivity contribution in [2.45, 2.75) is 37.0 Å². The second-order valence-electron chi connectivity index (χ2n) is 9.15. The Morgan fingerprint density at radius 1 is 1.23 bits per heavy atom. The fraction of sp³-hybridized carbons (Fsp3) is 0.400. The van der Waals surface area contributed by atoms with Crippen molar-refractivity contribution in [3.8, 4) is 0 Å². The highest BCUT2D eigenvalue weighted by Crippen LogP contribution is 2.36. The smallest absolute Gasteiger partial charge is 0.251 e. The number of alkyl halides is 1. The topological polar surface area (TPSA) is 114 Å². The molecular formula is C25H28F2N6O2. The predicted molar refractivity (Wildman–Crippen MR) is 129 cm³/mol. The highest BCUT2D eigenvalue weighted by Gasteiger charge is 2.43. The number of ether oxygens (including phenoxy) is 1. The van der Waals surface area contributed by atoms with Crippen molar-refractivity contribution in [3.05, 3.63) is 59.5 Å². The van der Waals surface area contributed by atoms with Crippen LogP contribution in [0.2, 0.25) is 0 Å². The molecule has 5 rings (SSSR count). The number of benzene rings is 2. The summed E-state index contributed by atoms with van der Waals surface area (Å²) in [6, 6.07) is 8.33. The van der Waals surface area contributed by atoms with Crippen LogP contribution in [0.25, 0.3) is 10.9 Å². The van der Waals surface area contributed by atoms with Gasteiger partial charge in [0.15, 0.2) is 0 Å². The number of nitrogens with zero attached hydrogens (tertiary/aromatic N) is 2. The summed E-state index contributed by atoms with van der Waals surface area (Å²) >= 11 is 0. The number of rotatable bonds is 6. The molecule has 0 aliphatic carbocycles. The van der Waals surface area contributed by atoms with E-state index in [4.69, 9.17) is 10.5 Å². The van der Waals surface area contributed by atoms with Gasteiger partial charge in [0.2, 0.25) is 5.95 Å². The second kappa shape index (κ2) is 9.71. The molecule has 8 nitrogen and oxygen atoms in total. The Kier molecular flexibility index (Phi) is 6.48. The molecule has 3 heterocycles. The van der Waals surface area contributed by atoms with Crippen molar-refractivity contribution < 1.29 is 18.3 Å². The first-order valence-corrected chi connectivity index (χ1v) is 11.8. The van der Waals surface area contributed by atoms with Crippen LogP contribution in [0.1, 0.15) is 41.2 Å². The summed E-state index contributed by atoms with van der Waals surface area (Å²) in [4.78, 5) is 22.2. The molecular weight excluding hydrogens is 454 g/mol. The molecule has 2 saturated heterocycles. The number of nitrogens with one attached hydrogen (secondary N) is 3. The van der Waals surface area contributed by atoms with Gasteiger partial charge in [0.05, 0.1) is 17.2 Å². The zero-order valence-corrected chi connectivity index (χ0v) is 19.2. The third-order valence-electron chi connectivity index (χ3n) is 6.68. The number of carbonyl (C=O) groups is 1. The number of nitrogen functional groups attached to an aromatic ring is 1. The SMILES string of the molecule is Nc1cc(C(NC(=O)c2ccc3cnc(NC4CCOCC4)nc3c2)C2(F)CCNC2)ccc1F. The maximum atomic E-state index is 15.8. The molecule has 0 spiro atoms. The largest absolute Gasteiger partial charge is 0.396 e. The van der Waals surface area contributed by atoms with Crippen molar-refractivity contribution in [2.24, 2.45) is 0 Å². The molecule has 0 radical (unpaired) electrons. The summed E-state index contributed by atoms with van der Waals surface area (Å²) in [5.74, 6) is -0.557. The first kappa shape index (κ1) is 23.4. The number of aromatic nitrogens is 2. The van der Waals surface area contributed by atoms with Gasteiger partial charge >= 0.3 is 0 Å². The average molecular weight is 483 g/mol. The lowest BCUT2D eigenvalue weighted by atomic mass is 9.88. The summed E-state index contributed by atoms with van der Waals surface area (Å²) in [7, 11) is 0. The van der Waals surface area contributed by atoms with Crippen molar-refractivity contribution in [3.63, 3.8) is 0 Å². The van der Waals surface area contributed by atoms with Crippen LogP contribution in [0.4, 0.5) is 20.4 Å². The van der Waals surface area contributed by atoms with E-state index in [0.717, 1.165) is 18.2 Å². The lowest BCUT2D eigenvalue weighted by Crippen LogP contribution is -2.44. The van der Waals surface area contributed by atoms with Crippen LogP contribution < -0.4 is 21.7 Å². The molecule has 0 saturated carbocycles. The van der Waals surface area contributed by atoms with E-state index in [1.807, 2.05) is 0 Å². The van der Waals surface area contributed by atoms with Gasteiger partial charge < -0.3 is 26.4 Å². The molecule has 2 unspecified atom stereocenters. The summed E-state index contributed by atoms with van der Waals surface area (Å²) in [6.07, 6.45) is 3.66. The fourth-order valence-electron chi connectivity index (χ4n) is 4.65. The molecule has 2 aromatic carbocycles. The number of nitrogens with two attached hydrogens (primary N) is 1. The van der Waals surface area contributed by atoms with Crippen LogP contribution in [0.3, 0.4) is 0 Å². The zero-order valence-electron chi connectivity index (χ0n) is 19.2. The van der Waals surface area contributed by atoms with E-state index >= 15 is 4.39 Å². The third kappa shape index (κ3) is 5.03. The monoisotopic (exact) mass is 482 g/mol. The minimum absolute atomic E-state index is 0.0708. The molecule has 1 amide bonds. The van der Waals surface area contributed by atoms with Gasteiger partial charge in [-0.3, -0.25) is 4.79 Å². The second-order valence-corrected chi connectivity index (χ2v) is 9.15. The third-order valence-corrected chi connectivity index (χ3v) is 6.68. The Bertz CT molecular complexity index is 1230. The van der Waals surface area contributed by atoms with Crippen molar-refractivity contribution in [2.75, 3.05) is 37.4 Å². The minimum atomic E-state index is -1.74. The summed E-state index contributed by atoms with van der Waals surface area (Å²) in [5.41, 5.74) is 5.25. The quantitative estimate of drug-likeness (QED) is 0.399. The van der Waals surface area contributed by atoms with Crippen LogP contribution in [-0.2, 0) is 4.74 Å². The molecule has 2 atom stereocenters. The van der Waals surface area contributed by atoms with E-state index in [-0.39, 0.29) is 24.7 Å². The Hall–Kier alpha value is -3.37. The number of halogens is 2. The molecule has 2 fully saturated rings. The summed E-state index contributed by atoms with van der Waals surface area (Å²) in [5, 5.41) is 9.93. The Balaban J connectivity index is 1.40. The number of anilines is 2. The van der Waals surface area contributed by atoms with Crippen LogP contribution in [0.5, 0.6) is 0 Å². The van der Waals surface area contributed by atoms with Crippen molar-refractivity contribution in [1.82, 2.24) is 20.6 Å². The van der Waals surface area contributed by atoms with E-state index in [9.17, 15) is 9.18 Å². The lowest BCUT2D eigenvalue weighted by molar-refractivity contribution is 0.0813. The molecule has 2 aliphatic heterocycles. The van der Waals surface area contributed by atoms with Crippen LogP contribution >= 0.6 is 0 Å². The lowest BCUT2D eigenvalue weighted by Gasteiger charge is -2.31. The summed E-state index contributed by atoms with van der Waals surface area (Å²) < 4.78 is 35.0. The molecule has 0 bridgehead atoms. The molecule has 184 valence electrons. The highest BCUT2D eigenvalue weighted by atomic mass is 19.1. The summed E-state index contributed by atoms with van der Waals surface area (Å²) in [6.45, 7) is 1.95. The van der Waals surface area contributed by atoms with Crippen LogP contribution in [-0.4, -0.2) is 53.9 Å². The fourth-order valence-corrected chi connectivity index (χ4v) is 4.65. The van der Waals surface area contributed by atoms with E-state index in [0.29, 0.717) is 42.4 Å².